The fourth-order valence-electron chi connectivity index (χ4n) is 3.25. The van der Waals surface area contributed by atoms with Gasteiger partial charge in [-0.05, 0) is 43.2 Å². The fourth-order valence-corrected chi connectivity index (χ4v) is 3.25. The summed E-state index contributed by atoms with van der Waals surface area (Å²) < 4.78 is 18.5. The number of benzene rings is 1. The Balaban J connectivity index is 1.68. The van der Waals surface area contributed by atoms with Crippen molar-refractivity contribution in [3.05, 3.63) is 71.1 Å². The van der Waals surface area contributed by atoms with Gasteiger partial charge in [-0.3, -0.25) is 4.79 Å². The number of ether oxygens (including phenoxy) is 1. The molecule has 1 fully saturated rings. The van der Waals surface area contributed by atoms with E-state index >= 15 is 0 Å². The van der Waals surface area contributed by atoms with Gasteiger partial charge in [0.05, 0.1) is 13.2 Å². The van der Waals surface area contributed by atoms with Crippen LogP contribution in [-0.4, -0.2) is 25.7 Å². The van der Waals surface area contributed by atoms with Crippen molar-refractivity contribution in [2.45, 2.75) is 26.7 Å². The van der Waals surface area contributed by atoms with E-state index in [1.165, 1.54) is 12.1 Å². The predicted octanol–water partition coefficient (Wildman–Crippen LogP) is 4.17. The van der Waals surface area contributed by atoms with E-state index in [-0.39, 0.29) is 23.1 Å². The molecule has 0 spiro atoms. The average Bonchev–Trinajstić information content (AvgIpc) is 2.87. The Kier molecular flexibility index (Phi) is 6.49. The van der Waals surface area contributed by atoms with Crippen LogP contribution in [0, 0.1) is 29.0 Å². The smallest absolute Gasteiger partial charge is 0.247 e. The third-order valence-electron chi connectivity index (χ3n) is 5.14. The maximum absolute atomic E-state index is 13.3. The summed E-state index contributed by atoms with van der Waals surface area (Å²) in [6.07, 6.45) is 9.41. The van der Waals surface area contributed by atoms with Crippen LogP contribution in [0.4, 0.5) is 4.39 Å². The molecule has 146 valence electrons. The Hall–Kier alpha value is -2.64. The zero-order valence-corrected chi connectivity index (χ0v) is 16.4. The maximum Gasteiger partial charge on any atom is 0.247 e. The Labute approximate surface area is 166 Å². The van der Waals surface area contributed by atoms with Gasteiger partial charge in [0, 0.05) is 34.6 Å². The van der Waals surface area contributed by atoms with E-state index in [4.69, 9.17) is 4.74 Å². The van der Waals surface area contributed by atoms with Gasteiger partial charge in [0.1, 0.15) is 5.82 Å². The number of hydrogen-bond acceptors (Lipinski definition) is 2. The monoisotopic (exact) mass is 379 g/mol. The Morgan fingerprint density at radius 2 is 2.14 bits per heavy atom. The van der Waals surface area contributed by atoms with Crippen molar-refractivity contribution in [3.8, 4) is 11.8 Å². The Morgan fingerprint density at radius 3 is 2.82 bits per heavy atom. The molecule has 0 saturated carbocycles. The highest BCUT2D eigenvalue weighted by Gasteiger charge is 2.32. The number of rotatable bonds is 5. The first-order valence-corrected chi connectivity index (χ1v) is 9.73. The van der Waals surface area contributed by atoms with E-state index in [1.807, 2.05) is 24.3 Å². The third kappa shape index (κ3) is 5.21. The van der Waals surface area contributed by atoms with Gasteiger partial charge in [0.15, 0.2) is 0 Å². The van der Waals surface area contributed by atoms with Crippen LogP contribution in [-0.2, 0) is 9.53 Å². The van der Waals surface area contributed by atoms with Crippen molar-refractivity contribution >= 4 is 5.91 Å². The molecule has 1 aliphatic carbocycles. The zero-order valence-electron chi connectivity index (χ0n) is 16.4. The van der Waals surface area contributed by atoms with Gasteiger partial charge in [-0.1, -0.05) is 43.9 Å². The molecular weight excluding hydrogens is 353 g/mol. The first-order chi connectivity index (χ1) is 13.5. The first kappa shape index (κ1) is 20.1. The van der Waals surface area contributed by atoms with Crippen LogP contribution in [0.3, 0.4) is 0 Å². The lowest BCUT2D eigenvalue weighted by Crippen LogP contribution is -2.42. The van der Waals surface area contributed by atoms with Crippen molar-refractivity contribution < 1.29 is 13.9 Å². The zero-order chi connectivity index (χ0) is 20.0. The largest absolute Gasteiger partial charge is 0.380 e. The van der Waals surface area contributed by atoms with Crippen LogP contribution in [0.5, 0.6) is 0 Å². The molecule has 1 heterocycles. The minimum absolute atomic E-state index is 0.0315. The molecule has 1 saturated heterocycles. The van der Waals surface area contributed by atoms with Crippen LogP contribution >= 0.6 is 0 Å². The van der Waals surface area contributed by atoms with Gasteiger partial charge in [0.2, 0.25) is 5.91 Å². The molecule has 1 atom stereocenters. The summed E-state index contributed by atoms with van der Waals surface area (Å²) >= 11 is 0. The second-order valence-corrected chi connectivity index (χ2v) is 7.69. The molecule has 2 aliphatic rings. The number of amides is 1. The molecule has 3 nitrogen and oxygen atoms in total. The van der Waals surface area contributed by atoms with Crippen LogP contribution in [0.25, 0.3) is 0 Å². The molecule has 1 amide bonds. The lowest BCUT2D eigenvalue weighted by molar-refractivity contribution is -0.120. The molecular formula is C24H26FNO2. The molecule has 0 radical (unpaired) electrons. The van der Waals surface area contributed by atoms with Gasteiger partial charge >= 0.3 is 0 Å². The highest BCUT2D eigenvalue weighted by molar-refractivity contribution is 5.94. The summed E-state index contributed by atoms with van der Waals surface area (Å²) in [7, 11) is 0. The van der Waals surface area contributed by atoms with Crippen molar-refractivity contribution in [2.24, 2.45) is 11.3 Å². The van der Waals surface area contributed by atoms with E-state index in [1.54, 1.807) is 12.1 Å². The number of allylic oxidation sites excluding steroid dienone is 5. The normalized spacial score (nSPS) is 20.0. The summed E-state index contributed by atoms with van der Waals surface area (Å²) in [6.45, 7) is 6.42. The van der Waals surface area contributed by atoms with Gasteiger partial charge in [0.25, 0.3) is 0 Å². The summed E-state index contributed by atoms with van der Waals surface area (Å²) in [5, 5.41) is 3.04. The van der Waals surface area contributed by atoms with Gasteiger partial charge in [-0.2, -0.15) is 0 Å². The number of nitrogens with one attached hydrogen (secondary N) is 1. The molecule has 1 aromatic carbocycles. The van der Waals surface area contributed by atoms with Crippen molar-refractivity contribution in [1.29, 1.82) is 0 Å². The SMILES string of the molecule is CCC1C=CC(C#Cc2cccc(F)c2)=CC=C1C(=O)NCCC1(C)COC1. The van der Waals surface area contributed by atoms with Crippen LogP contribution < -0.4 is 5.32 Å². The average molecular weight is 379 g/mol. The molecule has 28 heavy (non-hydrogen) atoms. The standard InChI is InChI=1S/C24H26FNO2/c1-3-20-11-9-18(7-8-19-5-4-6-21(25)15-19)10-12-22(20)23(27)26-14-13-24(2)16-28-17-24/h4-6,9-12,15,20H,3,13-14,16-17H2,1-2H3,(H,26,27). The van der Waals surface area contributed by atoms with Gasteiger partial charge in [-0.25, -0.2) is 4.39 Å². The summed E-state index contributed by atoms with van der Waals surface area (Å²) in [5.74, 6) is 5.74. The quantitative estimate of drug-likeness (QED) is 0.780. The first-order valence-electron chi connectivity index (χ1n) is 9.73. The van der Waals surface area contributed by atoms with Crippen LogP contribution in [0.2, 0.25) is 0 Å². The number of hydrogen-bond donors (Lipinski definition) is 1. The Bertz CT molecular complexity index is 881. The summed E-state index contributed by atoms with van der Waals surface area (Å²) in [4.78, 5) is 12.7. The lowest BCUT2D eigenvalue weighted by atomic mass is 9.85. The molecule has 4 heteroatoms. The number of carbonyl (C=O) groups is 1. The fraction of sp³-hybridized carbons (Fsp3) is 0.375. The molecule has 1 unspecified atom stereocenters. The van der Waals surface area contributed by atoms with E-state index in [0.29, 0.717) is 12.1 Å². The highest BCUT2D eigenvalue weighted by atomic mass is 19.1. The predicted molar refractivity (Wildman–Crippen MR) is 109 cm³/mol. The van der Waals surface area contributed by atoms with Crippen molar-refractivity contribution in [3.63, 3.8) is 0 Å². The van der Waals surface area contributed by atoms with Crippen molar-refractivity contribution in [1.82, 2.24) is 5.32 Å². The molecule has 1 aliphatic heterocycles. The Morgan fingerprint density at radius 1 is 1.32 bits per heavy atom. The minimum atomic E-state index is -0.301. The van der Waals surface area contributed by atoms with Gasteiger partial charge < -0.3 is 10.1 Å². The number of halogens is 1. The number of carbonyl (C=O) groups excluding carboxylic acids is 1. The minimum Gasteiger partial charge on any atom is -0.380 e. The van der Waals surface area contributed by atoms with Gasteiger partial charge in [-0.15, -0.1) is 0 Å². The molecule has 3 rings (SSSR count). The van der Waals surface area contributed by atoms with E-state index in [2.05, 4.69) is 31.0 Å². The second-order valence-electron chi connectivity index (χ2n) is 7.69. The summed E-state index contributed by atoms with van der Waals surface area (Å²) in [6, 6.07) is 6.22. The molecule has 1 N–H and O–H groups in total. The van der Waals surface area contributed by atoms with E-state index in [9.17, 15) is 9.18 Å². The molecule has 1 aromatic rings. The maximum atomic E-state index is 13.3. The highest BCUT2D eigenvalue weighted by Crippen LogP contribution is 2.30. The lowest BCUT2D eigenvalue weighted by Gasteiger charge is -2.38. The third-order valence-corrected chi connectivity index (χ3v) is 5.14. The molecule has 0 bridgehead atoms. The summed E-state index contributed by atoms with van der Waals surface area (Å²) in [5.41, 5.74) is 2.36. The van der Waals surface area contributed by atoms with Crippen molar-refractivity contribution in [2.75, 3.05) is 19.8 Å². The topological polar surface area (TPSA) is 38.3 Å². The van der Waals surface area contributed by atoms with Crippen LogP contribution in [0.15, 0.2) is 59.7 Å². The second kappa shape index (κ2) is 9.03. The van der Waals surface area contributed by atoms with E-state index < -0.39 is 0 Å². The van der Waals surface area contributed by atoms with Crippen LogP contribution in [0.1, 0.15) is 32.3 Å². The molecule has 0 aromatic heterocycles. The van der Waals surface area contributed by atoms with E-state index in [0.717, 1.165) is 37.2 Å².